The summed E-state index contributed by atoms with van der Waals surface area (Å²) in [5.74, 6) is 0. The summed E-state index contributed by atoms with van der Waals surface area (Å²) in [4.78, 5) is 4.26. The van der Waals surface area contributed by atoms with E-state index >= 15 is 0 Å². The highest BCUT2D eigenvalue weighted by molar-refractivity contribution is 7.92. The number of sulfonamides is 1. The molecule has 0 atom stereocenters. The standard InChI is InChI=1S/C19H17Cl2N3O2S/c1-27(25,26)24-16-4-2-3-14(8-16)15-9-17(12-22-11-15)23-10-13-5-6-18(20)19(21)7-13/h2-9,11-12,23-24H,10H2,1H3. The zero-order valence-corrected chi connectivity index (χ0v) is 16.7. The van der Waals surface area contributed by atoms with E-state index in [4.69, 9.17) is 23.2 Å². The van der Waals surface area contributed by atoms with Crippen molar-refractivity contribution in [1.29, 1.82) is 0 Å². The molecule has 1 heterocycles. The summed E-state index contributed by atoms with van der Waals surface area (Å²) >= 11 is 12.0. The summed E-state index contributed by atoms with van der Waals surface area (Å²) in [6.45, 7) is 0.567. The second kappa shape index (κ2) is 8.17. The lowest BCUT2D eigenvalue weighted by Gasteiger charge is -2.10. The monoisotopic (exact) mass is 421 g/mol. The van der Waals surface area contributed by atoms with Gasteiger partial charge in [0.05, 0.1) is 22.0 Å². The predicted molar refractivity (Wildman–Crippen MR) is 112 cm³/mol. The molecule has 3 rings (SSSR count). The quantitative estimate of drug-likeness (QED) is 0.584. The van der Waals surface area contributed by atoms with E-state index in [9.17, 15) is 8.42 Å². The van der Waals surface area contributed by atoms with Gasteiger partial charge in [0.25, 0.3) is 0 Å². The lowest BCUT2D eigenvalue weighted by atomic mass is 10.1. The number of anilines is 2. The largest absolute Gasteiger partial charge is 0.380 e. The average molecular weight is 422 g/mol. The Morgan fingerprint density at radius 1 is 0.926 bits per heavy atom. The molecule has 0 aliphatic carbocycles. The summed E-state index contributed by atoms with van der Waals surface area (Å²) in [7, 11) is -3.33. The fraction of sp³-hybridized carbons (Fsp3) is 0.105. The van der Waals surface area contributed by atoms with E-state index in [1.54, 1.807) is 36.7 Å². The van der Waals surface area contributed by atoms with E-state index in [0.717, 1.165) is 28.6 Å². The van der Waals surface area contributed by atoms with Crippen molar-refractivity contribution >= 4 is 44.6 Å². The molecule has 0 bridgehead atoms. The third-order valence-corrected chi connectivity index (χ3v) is 5.06. The van der Waals surface area contributed by atoms with Gasteiger partial charge >= 0.3 is 0 Å². The van der Waals surface area contributed by atoms with Crippen LogP contribution in [-0.4, -0.2) is 19.7 Å². The molecule has 0 unspecified atom stereocenters. The van der Waals surface area contributed by atoms with Crippen LogP contribution in [0.5, 0.6) is 0 Å². The Balaban J connectivity index is 1.77. The number of hydrogen-bond donors (Lipinski definition) is 2. The summed E-state index contributed by atoms with van der Waals surface area (Å²) in [5.41, 5.74) is 4.05. The van der Waals surface area contributed by atoms with Crippen molar-refractivity contribution in [2.45, 2.75) is 6.54 Å². The molecule has 1 aromatic heterocycles. The maximum atomic E-state index is 11.4. The average Bonchev–Trinajstić information content (AvgIpc) is 2.62. The maximum Gasteiger partial charge on any atom is 0.229 e. The van der Waals surface area contributed by atoms with Crippen LogP contribution in [0.2, 0.25) is 10.0 Å². The van der Waals surface area contributed by atoms with Crippen LogP contribution in [0, 0.1) is 0 Å². The fourth-order valence-corrected chi connectivity index (χ4v) is 3.40. The minimum atomic E-state index is -3.33. The molecule has 5 nitrogen and oxygen atoms in total. The third kappa shape index (κ3) is 5.60. The summed E-state index contributed by atoms with van der Waals surface area (Å²) in [6.07, 6.45) is 4.57. The topological polar surface area (TPSA) is 71.1 Å². The Hall–Kier alpha value is -2.28. The highest BCUT2D eigenvalue weighted by atomic mass is 35.5. The number of halogens is 2. The summed E-state index contributed by atoms with van der Waals surface area (Å²) in [6, 6.07) is 14.6. The molecule has 0 saturated heterocycles. The minimum Gasteiger partial charge on any atom is -0.380 e. The van der Waals surface area contributed by atoms with Crippen LogP contribution < -0.4 is 10.0 Å². The van der Waals surface area contributed by atoms with Crippen molar-refractivity contribution in [2.75, 3.05) is 16.3 Å². The molecule has 0 aliphatic heterocycles. The number of nitrogens with zero attached hydrogens (tertiary/aromatic N) is 1. The molecule has 0 spiro atoms. The molecule has 0 saturated carbocycles. The highest BCUT2D eigenvalue weighted by Crippen LogP contribution is 2.26. The Morgan fingerprint density at radius 2 is 1.70 bits per heavy atom. The van der Waals surface area contributed by atoms with E-state index in [2.05, 4.69) is 15.0 Å². The van der Waals surface area contributed by atoms with E-state index in [1.807, 2.05) is 24.3 Å². The van der Waals surface area contributed by atoms with Gasteiger partial charge in [-0.05, 0) is 41.5 Å². The van der Waals surface area contributed by atoms with Crippen molar-refractivity contribution in [3.63, 3.8) is 0 Å². The molecular weight excluding hydrogens is 405 g/mol. The predicted octanol–water partition coefficient (Wildman–Crippen LogP) is 5.04. The van der Waals surface area contributed by atoms with Gasteiger partial charge < -0.3 is 5.32 Å². The van der Waals surface area contributed by atoms with Gasteiger partial charge in [0.15, 0.2) is 0 Å². The van der Waals surface area contributed by atoms with Crippen LogP contribution in [0.15, 0.2) is 60.9 Å². The number of rotatable bonds is 6. The molecule has 140 valence electrons. The highest BCUT2D eigenvalue weighted by Gasteiger charge is 2.06. The van der Waals surface area contributed by atoms with E-state index in [-0.39, 0.29) is 0 Å². The van der Waals surface area contributed by atoms with Gasteiger partial charge in [-0.25, -0.2) is 8.42 Å². The Bertz CT molecular complexity index is 1070. The SMILES string of the molecule is CS(=O)(=O)Nc1cccc(-c2cncc(NCc3ccc(Cl)c(Cl)c3)c2)c1. The smallest absolute Gasteiger partial charge is 0.229 e. The first-order chi connectivity index (χ1) is 12.8. The van der Waals surface area contributed by atoms with Gasteiger partial charge in [-0.15, -0.1) is 0 Å². The summed E-state index contributed by atoms with van der Waals surface area (Å²) in [5, 5.41) is 4.33. The molecule has 0 fully saturated rings. The first-order valence-corrected chi connectivity index (χ1v) is 10.7. The number of pyridine rings is 1. The third-order valence-electron chi connectivity index (χ3n) is 3.72. The van der Waals surface area contributed by atoms with Crippen LogP contribution in [0.25, 0.3) is 11.1 Å². The Morgan fingerprint density at radius 3 is 2.44 bits per heavy atom. The maximum absolute atomic E-state index is 11.4. The van der Waals surface area contributed by atoms with Gasteiger partial charge in [-0.1, -0.05) is 41.4 Å². The number of nitrogens with one attached hydrogen (secondary N) is 2. The number of aromatic nitrogens is 1. The zero-order valence-electron chi connectivity index (χ0n) is 14.4. The van der Waals surface area contributed by atoms with E-state index in [0.29, 0.717) is 22.3 Å². The first kappa shape index (κ1) is 19.5. The van der Waals surface area contributed by atoms with Gasteiger partial charge in [-0.2, -0.15) is 0 Å². The van der Waals surface area contributed by atoms with E-state index < -0.39 is 10.0 Å². The fourth-order valence-electron chi connectivity index (χ4n) is 2.52. The first-order valence-electron chi connectivity index (χ1n) is 8.01. The van der Waals surface area contributed by atoms with Gasteiger partial charge in [-0.3, -0.25) is 9.71 Å². The van der Waals surface area contributed by atoms with Gasteiger partial charge in [0.1, 0.15) is 0 Å². The molecule has 0 radical (unpaired) electrons. The normalized spacial score (nSPS) is 11.2. The Labute approximate surface area is 168 Å². The van der Waals surface area contributed by atoms with Crippen LogP contribution in [-0.2, 0) is 16.6 Å². The Kier molecular flexibility index (Phi) is 5.89. The summed E-state index contributed by atoms with van der Waals surface area (Å²) < 4.78 is 25.3. The second-order valence-electron chi connectivity index (χ2n) is 6.02. The van der Waals surface area contributed by atoms with Crippen LogP contribution >= 0.6 is 23.2 Å². The lowest BCUT2D eigenvalue weighted by Crippen LogP contribution is -2.09. The van der Waals surface area contributed by atoms with E-state index in [1.165, 1.54) is 0 Å². The van der Waals surface area contributed by atoms with Crippen molar-refractivity contribution in [3.8, 4) is 11.1 Å². The van der Waals surface area contributed by atoms with Crippen LogP contribution in [0.3, 0.4) is 0 Å². The van der Waals surface area contributed by atoms with Crippen molar-refractivity contribution < 1.29 is 8.42 Å². The number of hydrogen-bond acceptors (Lipinski definition) is 4. The van der Waals surface area contributed by atoms with Gasteiger partial charge in [0.2, 0.25) is 10.0 Å². The molecule has 0 aliphatic rings. The molecule has 2 aromatic carbocycles. The van der Waals surface area contributed by atoms with Crippen molar-refractivity contribution in [1.82, 2.24) is 4.98 Å². The molecule has 2 N–H and O–H groups in total. The lowest BCUT2D eigenvalue weighted by molar-refractivity contribution is 0.607. The zero-order chi connectivity index (χ0) is 19.4. The molecule has 3 aromatic rings. The minimum absolute atomic E-state index is 0.504. The van der Waals surface area contributed by atoms with Crippen molar-refractivity contribution in [3.05, 3.63) is 76.5 Å². The second-order valence-corrected chi connectivity index (χ2v) is 8.58. The van der Waals surface area contributed by atoms with Crippen LogP contribution in [0.1, 0.15) is 5.56 Å². The van der Waals surface area contributed by atoms with Crippen LogP contribution in [0.4, 0.5) is 11.4 Å². The molecule has 27 heavy (non-hydrogen) atoms. The number of benzene rings is 2. The van der Waals surface area contributed by atoms with Gasteiger partial charge in [0, 0.05) is 30.2 Å². The molecule has 0 amide bonds. The molecular formula is C19H17Cl2N3O2S. The van der Waals surface area contributed by atoms with Crippen molar-refractivity contribution in [2.24, 2.45) is 0 Å². The molecule has 8 heteroatoms.